The van der Waals surface area contributed by atoms with Gasteiger partial charge < -0.3 is 14.4 Å². The van der Waals surface area contributed by atoms with Crippen LogP contribution in [0.5, 0.6) is 0 Å². The molecule has 24 heavy (non-hydrogen) atoms. The van der Waals surface area contributed by atoms with Crippen molar-refractivity contribution in [3.05, 3.63) is 0 Å². The average molecular weight is 340 g/mol. The van der Waals surface area contributed by atoms with Crippen LogP contribution in [0.1, 0.15) is 52.4 Å². The van der Waals surface area contributed by atoms with Crippen LogP contribution in [0.2, 0.25) is 0 Å². The third kappa shape index (κ3) is 5.45. The highest BCUT2D eigenvalue weighted by Crippen LogP contribution is 2.23. The number of hydrogen-bond donors (Lipinski definition) is 0. The van der Waals surface area contributed by atoms with Crippen LogP contribution >= 0.6 is 0 Å². The van der Waals surface area contributed by atoms with E-state index in [9.17, 15) is 9.59 Å². The molecule has 6 heteroatoms. The van der Waals surface area contributed by atoms with E-state index < -0.39 is 0 Å². The number of carbonyl (C=O) groups is 2. The van der Waals surface area contributed by atoms with E-state index in [1.54, 1.807) is 0 Å². The third-order valence-electron chi connectivity index (χ3n) is 5.19. The summed E-state index contributed by atoms with van der Waals surface area (Å²) in [5.41, 5.74) is 0. The Labute approximate surface area is 145 Å². The van der Waals surface area contributed by atoms with Gasteiger partial charge in [0.05, 0.1) is 26.2 Å². The van der Waals surface area contributed by atoms with Crippen molar-refractivity contribution in [2.24, 2.45) is 0 Å². The van der Waals surface area contributed by atoms with E-state index in [1.807, 2.05) is 4.90 Å². The summed E-state index contributed by atoms with van der Waals surface area (Å²) in [6.07, 6.45) is 5.92. The first-order valence-electron chi connectivity index (χ1n) is 9.23. The Morgan fingerprint density at radius 2 is 1.88 bits per heavy atom. The summed E-state index contributed by atoms with van der Waals surface area (Å²) in [6, 6.07) is 0.595. The molecule has 0 aromatic rings. The average Bonchev–Trinajstić information content (AvgIpc) is 3.05. The molecule has 2 aliphatic rings. The van der Waals surface area contributed by atoms with Crippen molar-refractivity contribution in [1.29, 1.82) is 0 Å². The summed E-state index contributed by atoms with van der Waals surface area (Å²) in [4.78, 5) is 28.4. The molecule has 3 atom stereocenters. The monoisotopic (exact) mass is 340 g/mol. The molecule has 2 fully saturated rings. The maximum Gasteiger partial charge on any atom is 0.306 e. The standard InChI is InChI=1S/C18H32N2O4/c1-14-6-4-7-15(2)20(14)17(21)13-19(10-9-18(22)23-3)12-16-8-5-11-24-16/h14-16H,4-13H2,1-3H3. The van der Waals surface area contributed by atoms with Gasteiger partial charge >= 0.3 is 5.97 Å². The van der Waals surface area contributed by atoms with Crippen LogP contribution in [-0.4, -0.2) is 73.2 Å². The number of esters is 1. The lowest BCUT2D eigenvalue weighted by Gasteiger charge is -2.40. The SMILES string of the molecule is COC(=O)CCN(CC(=O)N1C(C)CCCC1C)CC1CCCO1. The molecule has 138 valence electrons. The van der Waals surface area contributed by atoms with Gasteiger partial charge in [-0.25, -0.2) is 0 Å². The zero-order valence-electron chi connectivity index (χ0n) is 15.3. The number of rotatable bonds is 7. The molecular formula is C18H32N2O4. The van der Waals surface area contributed by atoms with E-state index in [2.05, 4.69) is 18.7 Å². The number of methoxy groups -OCH3 is 1. The van der Waals surface area contributed by atoms with E-state index >= 15 is 0 Å². The molecule has 0 bridgehead atoms. The van der Waals surface area contributed by atoms with Crippen LogP contribution in [0.4, 0.5) is 0 Å². The maximum absolute atomic E-state index is 12.8. The normalized spacial score (nSPS) is 27.5. The highest BCUT2D eigenvalue weighted by molar-refractivity contribution is 5.79. The summed E-state index contributed by atoms with van der Waals surface area (Å²) in [5, 5.41) is 0. The summed E-state index contributed by atoms with van der Waals surface area (Å²) in [6.45, 7) is 6.66. The highest BCUT2D eigenvalue weighted by Gasteiger charge is 2.30. The Bertz CT molecular complexity index is 413. The first-order valence-corrected chi connectivity index (χ1v) is 9.23. The topological polar surface area (TPSA) is 59.1 Å². The lowest BCUT2D eigenvalue weighted by molar-refractivity contribution is -0.143. The molecule has 0 saturated carbocycles. The van der Waals surface area contributed by atoms with Gasteiger partial charge in [0.25, 0.3) is 0 Å². The smallest absolute Gasteiger partial charge is 0.306 e. The molecule has 0 aliphatic carbocycles. The lowest BCUT2D eigenvalue weighted by Crippen LogP contribution is -2.52. The van der Waals surface area contributed by atoms with Gasteiger partial charge in [0.15, 0.2) is 0 Å². The minimum absolute atomic E-state index is 0.164. The second kappa shape index (κ2) is 9.37. The first-order chi connectivity index (χ1) is 11.5. The van der Waals surface area contributed by atoms with Gasteiger partial charge in [0.1, 0.15) is 0 Å². The second-order valence-corrected chi connectivity index (χ2v) is 7.13. The van der Waals surface area contributed by atoms with Crippen LogP contribution in [0.15, 0.2) is 0 Å². The highest BCUT2D eigenvalue weighted by atomic mass is 16.5. The summed E-state index contributed by atoms with van der Waals surface area (Å²) < 4.78 is 10.4. The molecule has 0 aromatic heterocycles. The van der Waals surface area contributed by atoms with Crippen molar-refractivity contribution in [2.45, 2.75) is 70.6 Å². The van der Waals surface area contributed by atoms with Crippen molar-refractivity contribution < 1.29 is 19.1 Å². The Morgan fingerprint density at radius 1 is 1.17 bits per heavy atom. The number of carbonyl (C=O) groups excluding carboxylic acids is 2. The largest absolute Gasteiger partial charge is 0.469 e. The molecule has 0 N–H and O–H groups in total. The van der Waals surface area contributed by atoms with E-state index in [1.165, 1.54) is 13.5 Å². The number of amides is 1. The molecule has 3 unspecified atom stereocenters. The number of likely N-dealkylation sites (tertiary alicyclic amines) is 1. The van der Waals surface area contributed by atoms with Crippen molar-refractivity contribution in [2.75, 3.05) is 33.4 Å². The molecular weight excluding hydrogens is 308 g/mol. The van der Waals surface area contributed by atoms with Crippen LogP contribution in [0, 0.1) is 0 Å². The fourth-order valence-corrected chi connectivity index (χ4v) is 3.85. The summed E-state index contributed by atoms with van der Waals surface area (Å²) >= 11 is 0. The number of hydrogen-bond acceptors (Lipinski definition) is 5. The van der Waals surface area contributed by atoms with Gasteiger partial charge in [-0.15, -0.1) is 0 Å². The van der Waals surface area contributed by atoms with Crippen LogP contribution in [-0.2, 0) is 19.1 Å². The van der Waals surface area contributed by atoms with Crippen LogP contribution < -0.4 is 0 Å². The minimum atomic E-state index is -0.237. The zero-order valence-corrected chi connectivity index (χ0v) is 15.3. The van der Waals surface area contributed by atoms with Gasteiger partial charge in [-0.2, -0.15) is 0 Å². The van der Waals surface area contributed by atoms with E-state index in [4.69, 9.17) is 9.47 Å². The Morgan fingerprint density at radius 3 is 2.46 bits per heavy atom. The fourth-order valence-electron chi connectivity index (χ4n) is 3.85. The lowest BCUT2D eigenvalue weighted by atomic mass is 9.97. The predicted molar refractivity (Wildman–Crippen MR) is 91.7 cm³/mol. The molecule has 0 aromatic carbocycles. The van der Waals surface area contributed by atoms with Gasteiger partial charge in [0, 0.05) is 31.8 Å². The van der Waals surface area contributed by atoms with Crippen molar-refractivity contribution in [3.8, 4) is 0 Å². The number of ether oxygens (including phenoxy) is 2. The van der Waals surface area contributed by atoms with Gasteiger partial charge in [-0.1, -0.05) is 0 Å². The molecule has 0 radical (unpaired) electrons. The fraction of sp³-hybridized carbons (Fsp3) is 0.889. The molecule has 2 saturated heterocycles. The van der Waals surface area contributed by atoms with Crippen LogP contribution in [0.3, 0.4) is 0 Å². The summed E-state index contributed by atoms with van der Waals surface area (Å²) in [5.74, 6) is -0.0722. The maximum atomic E-state index is 12.8. The van der Waals surface area contributed by atoms with Crippen LogP contribution in [0.25, 0.3) is 0 Å². The molecule has 2 heterocycles. The molecule has 2 aliphatic heterocycles. The van der Waals surface area contributed by atoms with Gasteiger partial charge in [-0.05, 0) is 46.0 Å². The Hall–Kier alpha value is -1.14. The third-order valence-corrected chi connectivity index (χ3v) is 5.19. The van der Waals surface area contributed by atoms with E-state index in [0.717, 1.165) is 32.3 Å². The molecule has 2 rings (SSSR count). The van der Waals surface area contributed by atoms with Crippen molar-refractivity contribution in [3.63, 3.8) is 0 Å². The molecule has 0 spiro atoms. The van der Waals surface area contributed by atoms with Gasteiger partial charge in [0.2, 0.25) is 5.91 Å². The van der Waals surface area contributed by atoms with E-state index in [-0.39, 0.29) is 18.0 Å². The number of piperidine rings is 1. The quantitative estimate of drug-likeness (QED) is 0.662. The van der Waals surface area contributed by atoms with Crippen molar-refractivity contribution in [1.82, 2.24) is 9.80 Å². The minimum Gasteiger partial charge on any atom is -0.469 e. The molecule has 1 amide bonds. The number of nitrogens with zero attached hydrogens (tertiary/aromatic N) is 2. The summed E-state index contributed by atoms with van der Waals surface area (Å²) in [7, 11) is 1.40. The molecule has 6 nitrogen and oxygen atoms in total. The Balaban J connectivity index is 1.93. The van der Waals surface area contributed by atoms with E-state index in [0.29, 0.717) is 38.1 Å². The van der Waals surface area contributed by atoms with Gasteiger partial charge in [-0.3, -0.25) is 14.5 Å². The Kier molecular flexibility index (Phi) is 7.49. The van der Waals surface area contributed by atoms with Crippen molar-refractivity contribution >= 4 is 11.9 Å². The second-order valence-electron chi connectivity index (χ2n) is 7.13. The zero-order chi connectivity index (χ0) is 17.5. The predicted octanol–water partition coefficient (Wildman–Crippen LogP) is 1.82. The first kappa shape index (κ1) is 19.2.